The third kappa shape index (κ3) is 3.55. The molecule has 2 N–H and O–H groups in total. The van der Waals surface area contributed by atoms with Crippen LogP contribution in [0.5, 0.6) is 0 Å². The summed E-state index contributed by atoms with van der Waals surface area (Å²) in [7, 11) is 1.85. The summed E-state index contributed by atoms with van der Waals surface area (Å²) in [5.41, 5.74) is 0.919. The van der Waals surface area contributed by atoms with Crippen molar-refractivity contribution in [2.75, 3.05) is 23.8 Å². The lowest BCUT2D eigenvalue weighted by atomic mass is 10.1. The fraction of sp³-hybridized carbons (Fsp3) is 0.278. The predicted octanol–water partition coefficient (Wildman–Crippen LogP) is 4.46. The van der Waals surface area contributed by atoms with E-state index in [1.165, 1.54) is 6.07 Å². The molecule has 1 aromatic carbocycles. The number of likely N-dealkylation sites (N-methyl/N-ethyl adjacent to an activating group) is 1. The maximum Gasteiger partial charge on any atom is 0.416 e. The maximum atomic E-state index is 12.9. The van der Waals surface area contributed by atoms with E-state index in [1.54, 1.807) is 25.1 Å². The zero-order valence-electron chi connectivity index (χ0n) is 13.8. The fourth-order valence-corrected chi connectivity index (χ4v) is 2.67. The molecule has 0 unspecified atom stereocenters. The second kappa shape index (κ2) is 6.31. The number of pyridine rings is 1. The van der Waals surface area contributed by atoms with E-state index < -0.39 is 11.7 Å². The number of hydrogen-bond donors (Lipinski definition) is 2. The molecule has 3 rings (SSSR count). The van der Waals surface area contributed by atoms with Crippen molar-refractivity contribution in [2.45, 2.75) is 19.1 Å². The monoisotopic (exact) mass is 349 g/mol. The predicted molar refractivity (Wildman–Crippen MR) is 91.7 cm³/mol. The van der Waals surface area contributed by atoms with Crippen LogP contribution < -0.4 is 10.2 Å². The van der Waals surface area contributed by atoms with Gasteiger partial charge in [0.25, 0.3) is 0 Å². The number of aromatic nitrogens is 1. The number of benzene rings is 1. The van der Waals surface area contributed by atoms with Gasteiger partial charge in [-0.1, -0.05) is 12.1 Å². The van der Waals surface area contributed by atoms with E-state index in [4.69, 9.17) is 0 Å². The van der Waals surface area contributed by atoms with E-state index in [9.17, 15) is 18.3 Å². The first-order valence-electron chi connectivity index (χ1n) is 7.81. The van der Waals surface area contributed by atoms with Gasteiger partial charge in [0.15, 0.2) is 5.82 Å². The van der Waals surface area contributed by atoms with Crippen LogP contribution in [0.2, 0.25) is 0 Å². The van der Waals surface area contributed by atoms with Crippen molar-refractivity contribution in [1.29, 1.82) is 0 Å². The molecule has 0 radical (unpaired) electrons. The van der Waals surface area contributed by atoms with E-state index in [-0.39, 0.29) is 11.8 Å². The second-order valence-corrected chi connectivity index (χ2v) is 6.02. The number of aliphatic hydroxyl groups excluding tert-OH is 1. The number of aliphatic hydroxyl groups is 1. The van der Waals surface area contributed by atoms with E-state index in [0.717, 1.165) is 17.8 Å². The Balaban J connectivity index is 2.03. The quantitative estimate of drug-likeness (QED) is 0.798. The van der Waals surface area contributed by atoms with E-state index in [0.29, 0.717) is 23.6 Å². The average molecular weight is 349 g/mol. The topological polar surface area (TPSA) is 48.4 Å². The van der Waals surface area contributed by atoms with Crippen molar-refractivity contribution in [2.24, 2.45) is 0 Å². The van der Waals surface area contributed by atoms with Crippen LogP contribution in [-0.4, -0.2) is 29.7 Å². The molecule has 0 bridgehead atoms. The lowest BCUT2D eigenvalue weighted by molar-refractivity contribution is -0.137. The lowest BCUT2D eigenvalue weighted by Crippen LogP contribution is -2.27. The number of anilines is 2. The summed E-state index contributed by atoms with van der Waals surface area (Å²) in [6.07, 6.45) is -2.69. The van der Waals surface area contributed by atoms with Crippen LogP contribution in [0.4, 0.5) is 24.7 Å². The summed E-state index contributed by atoms with van der Waals surface area (Å²) in [5, 5.41) is 13.1. The molecule has 1 atom stereocenters. The van der Waals surface area contributed by atoms with Crippen LogP contribution in [-0.2, 0) is 6.18 Å². The van der Waals surface area contributed by atoms with Crippen molar-refractivity contribution in [3.05, 3.63) is 53.8 Å². The molecule has 0 saturated heterocycles. The molecular weight excluding hydrogens is 331 g/mol. The number of halogens is 3. The van der Waals surface area contributed by atoms with E-state index in [1.807, 2.05) is 18.0 Å². The highest BCUT2D eigenvalue weighted by Crippen LogP contribution is 2.34. The van der Waals surface area contributed by atoms with Gasteiger partial charge in [0.05, 0.1) is 23.0 Å². The first-order chi connectivity index (χ1) is 11.8. The lowest BCUT2D eigenvalue weighted by Gasteiger charge is -2.26. The molecule has 132 valence electrons. The molecule has 7 heteroatoms. The largest absolute Gasteiger partial charge is 0.510 e. The van der Waals surface area contributed by atoms with Gasteiger partial charge >= 0.3 is 6.18 Å². The van der Waals surface area contributed by atoms with Gasteiger partial charge in [-0.25, -0.2) is 4.98 Å². The standard InChI is InChI=1S/C18H18F3N3O/c1-11-16(25)8-9-24(2)15-7-6-14(23-17(15)22-11)12-4-3-5-13(10-12)18(19,20)21/h3-8,10-11,25H,9H2,1-2H3,(H,22,23)/t11-/m1/s1. The molecule has 1 aliphatic rings. The SMILES string of the molecule is C[C@H]1Nc2nc(-c3cccc(C(F)(F)F)c3)ccc2N(C)CC=C1O. The molecular formula is C18H18F3N3O. The number of hydrogen-bond acceptors (Lipinski definition) is 4. The summed E-state index contributed by atoms with van der Waals surface area (Å²) in [6.45, 7) is 2.30. The van der Waals surface area contributed by atoms with Gasteiger partial charge < -0.3 is 15.3 Å². The Morgan fingerprint density at radius 3 is 2.72 bits per heavy atom. The zero-order valence-corrected chi connectivity index (χ0v) is 13.8. The Bertz CT molecular complexity index is 817. The minimum atomic E-state index is -4.40. The molecule has 1 aromatic heterocycles. The second-order valence-electron chi connectivity index (χ2n) is 6.02. The van der Waals surface area contributed by atoms with Gasteiger partial charge in [0.1, 0.15) is 5.76 Å². The molecule has 4 nitrogen and oxygen atoms in total. The molecule has 2 aromatic rings. The normalized spacial score (nSPS) is 17.9. The molecule has 0 spiro atoms. The molecule has 0 saturated carbocycles. The number of nitrogens with zero attached hydrogens (tertiary/aromatic N) is 2. The smallest absolute Gasteiger partial charge is 0.416 e. The maximum absolute atomic E-state index is 12.9. The summed E-state index contributed by atoms with van der Waals surface area (Å²) in [6, 6.07) is 8.26. The van der Waals surface area contributed by atoms with Crippen LogP contribution in [0.1, 0.15) is 12.5 Å². The van der Waals surface area contributed by atoms with Gasteiger partial charge in [-0.2, -0.15) is 13.2 Å². The van der Waals surface area contributed by atoms with Crippen LogP contribution in [0.25, 0.3) is 11.3 Å². The van der Waals surface area contributed by atoms with E-state index in [2.05, 4.69) is 10.3 Å². The Hall–Kier alpha value is -2.70. The van der Waals surface area contributed by atoms with Crippen molar-refractivity contribution in [1.82, 2.24) is 4.98 Å². The highest BCUT2D eigenvalue weighted by molar-refractivity contribution is 5.73. The zero-order chi connectivity index (χ0) is 18.2. The minimum absolute atomic E-state index is 0.198. The van der Waals surface area contributed by atoms with Crippen LogP contribution >= 0.6 is 0 Å². The Morgan fingerprint density at radius 1 is 1.24 bits per heavy atom. The average Bonchev–Trinajstić information content (AvgIpc) is 2.57. The Labute approximate surface area is 143 Å². The van der Waals surface area contributed by atoms with Gasteiger partial charge in [-0.05, 0) is 37.3 Å². The first-order valence-corrected chi connectivity index (χ1v) is 7.81. The highest BCUT2D eigenvalue weighted by Gasteiger charge is 2.30. The number of alkyl halides is 3. The van der Waals surface area contributed by atoms with E-state index >= 15 is 0 Å². The molecule has 0 fully saturated rings. The molecule has 1 aliphatic heterocycles. The Morgan fingerprint density at radius 2 is 2.00 bits per heavy atom. The third-order valence-electron chi connectivity index (χ3n) is 4.14. The van der Waals surface area contributed by atoms with Gasteiger partial charge in [-0.3, -0.25) is 0 Å². The summed E-state index contributed by atoms with van der Waals surface area (Å²) in [5.74, 6) is 0.716. The fourth-order valence-electron chi connectivity index (χ4n) is 2.67. The molecule has 0 aliphatic carbocycles. The third-order valence-corrected chi connectivity index (χ3v) is 4.14. The number of rotatable bonds is 1. The number of nitrogens with one attached hydrogen (secondary N) is 1. The molecule has 0 amide bonds. The summed E-state index contributed by atoms with van der Waals surface area (Å²) in [4.78, 5) is 6.38. The molecule has 2 heterocycles. The van der Waals surface area contributed by atoms with Crippen LogP contribution in [0.15, 0.2) is 48.2 Å². The highest BCUT2D eigenvalue weighted by atomic mass is 19.4. The van der Waals surface area contributed by atoms with Crippen molar-refractivity contribution >= 4 is 11.5 Å². The van der Waals surface area contributed by atoms with Gasteiger partial charge in [0.2, 0.25) is 0 Å². The van der Waals surface area contributed by atoms with Crippen LogP contribution in [0.3, 0.4) is 0 Å². The van der Waals surface area contributed by atoms with Crippen molar-refractivity contribution in [3.8, 4) is 11.3 Å². The minimum Gasteiger partial charge on any atom is -0.510 e. The number of fused-ring (bicyclic) bond motifs is 1. The van der Waals surface area contributed by atoms with Gasteiger partial charge in [-0.15, -0.1) is 0 Å². The Kier molecular flexibility index (Phi) is 4.32. The van der Waals surface area contributed by atoms with Crippen molar-refractivity contribution < 1.29 is 18.3 Å². The van der Waals surface area contributed by atoms with Crippen molar-refractivity contribution in [3.63, 3.8) is 0 Å². The first kappa shape index (κ1) is 17.1. The summed E-state index contributed by atoms with van der Waals surface area (Å²) < 4.78 is 38.8. The van der Waals surface area contributed by atoms with Gasteiger partial charge in [0, 0.05) is 19.2 Å². The molecule has 25 heavy (non-hydrogen) atoms. The van der Waals surface area contributed by atoms with Crippen LogP contribution in [0, 0.1) is 0 Å². The summed E-state index contributed by atoms with van der Waals surface area (Å²) >= 11 is 0.